The van der Waals surface area contributed by atoms with Crippen LogP contribution in [0.4, 0.5) is 5.69 Å². The van der Waals surface area contributed by atoms with Crippen molar-refractivity contribution in [3.63, 3.8) is 0 Å². The topological polar surface area (TPSA) is 51.1 Å². The highest BCUT2D eigenvalue weighted by Crippen LogP contribution is 2.15. The van der Waals surface area contributed by atoms with Crippen LogP contribution < -0.4 is 4.72 Å². The van der Waals surface area contributed by atoms with Gasteiger partial charge >= 0.3 is 0 Å². The van der Waals surface area contributed by atoms with Crippen molar-refractivity contribution in [1.29, 1.82) is 0 Å². The molecular formula is C11H12N2O2S. The second kappa shape index (κ2) is 4.02. The molecule has 1 aromatic heterocycles. The number of hydrogen-bond acceptors (Lipinski definition) is 2. The number of anilines is 1. The molecule has 2 rings (SSSR count). The largest absolute Gasteiger partial charge is 0.324 e. The lowest BCUT2D eigenvalue weighted by molar-refractivity contribution is 0.607. The molecule has 0 amide bonds. The Kier molecular flexibility index (Phi) is 2.70. The maximum atomic E-state index is 11.1. The van der Waals surface area contributed by atoms with Crippen molar-refractivity contribution >= 4 is 15.7 Å². The van der Waals surface area contributed by atoms with Crippen LogP contribution in [0.2, 0.25) is 0 Å². The summed E-state index contributed by atoms with van der Waals surface area (Å²) in [6, 6.07) is 11.0. The zero-order chi connectivity index (χ0) is 11.6. The molecule has 84 valence electrons. The van der Waals surface area contributed by atoms with Crippen LogP contribution in [-0.4, -0.2) is 19.2 Å². The predicted octanol–water partition coefficient (Wildman–Crippen LogP) is 1.85. The molecule has 0 radical (unpaired) electrons. The molecule has 0 saturated heterocycles. The Bertz CT molecular complexity index is 574. The van der Waals surface area contributed by atoms with Gasteiger partial charge in [-0.25, -0.2) is 8.42 Å². The van der Waals surface area contributed by atoms with Crippen LogP contribution in [0.15, 0.2) is 48.8 Å². The van der Waals surface area contributed by atoms with Crippen LogP contribution in [0.25, 0.3) is 5.69 Å². The molecule has 0 unspecified atom stereocenters. The summed E-state index contributed by atoms with van der Waals surface area (Å²) in [5, 5.41) is 0. The maximum absolute atomic E-state index is 11.1. The summed E-state index contributed by atoms with van der Waals surface area (Å²) in [5.41, 5.74) is 1.48. The van der Waals surface area contributed by atoms with Gasteiger partial charge in [-0.1, -0.05) is 6.07 Å². The van der Waals surface area contributed by atoms with E-state index in [2.05, 4.69) is 4.72 Å². The quantitative estimate of drug-likeness (QED) is 0.884. The molecule has 0 aliphatic heterocycles. The average Bonchev–Trinajstić information content (AvgIpc) is 2.68. The standard InChI is InChI=1S/C11H12N2O2S/c1-16(14,15)12-10-5-4-6-11(9-10)13-7-2-3-8-13/h2-9,12H,1H3. The third-order valence-corrected chi connectivity index (χ3v) is 2.66. The first-order valence-corrected chi connectivity index (χ1v) is 6.65. The Hall–Kier alpha value is -1.75. The second-order valence-electron chi connectivity index (χ2n) is 3.51. The van der Waals surface area contributed by atoms with E-state index >= 15 is 0 Å². The monoisotopic (exact) mass is 236 g/mol. The van der Waals surface area contributed by atoms with E-state index in [1.165, 1.54) is 0 Å². The van der Waals surface area contributed by atoms with Gasteiger partial charge in [0.1, 0.15) is 0 Å². The minimum absolute atomic E-state index is 0.564. The molecule has 0 fully saturated rings. The van der Waals surface area contributed by atoms with Crippen LogP contribution in [0.3, 0.4) is 0 Å². The van der Waals surface area contributed by atoms with Gasteiger partial charge in [0.2, 0.25) is 10.0 Å². The molecule has 0 aliphatic carbocycles. The first kappa shape index (κ1) is 10.8. The molecular weight excluding hydrogens is 224 g/mol. The van der Waals surface area contributed by atoms with Gasteiger partial charge in [-0.2, -0.15) is 0 Å². The number of benzene rings is 1. The highest BCUT2D eigenvalue weighted by atomic mass is 32.2. The number of rotatable bonds is 3. The highest BCUT2D eigenvalue weighted by Gasteiger charge is 2.02. The van der Waals surface area contributed by atoms with Crippen molar-refractivity contribution in [3.05, 3.63) is 48.8 Å². The van der Waals surface area contributed by atoms with Crippen LogP contribution >= 0.6 is 0 Å². The Labute approximate surface area is 94.6 Å². The fourth-order valence-electron chi connectivity index (χ4n) is 1.45. The third-order valence-electron chi connectivity index (χ3n) is 2.05. The summed E-state index contributed by atoms with van der Waals surface area (Å²) >= 11 is 0. The molecule has 0 saturated carbocycles. The van der Waals surface area contributed by atoms with Crippen LogP contribution in [0.5, 0.6) is 0 Å². The normalized spacial score (nSPS) is 11.3. The third kappa shape index (κ3) is 2.64. The summed E-state index contributed by atoms with van der Waals surface area (Å²) in [6.07, 6.45) is 4.94. The Balaban J connectivity index is 2.34. The first-order valence-electron chi connectivity index (χ1n) is 4.76. The van der Waals surface area contributed by atoms with E-state index in [1.807, 2.05) is 41.2 Å². The highest BCUT2D eigenvalue weighted by molar-refractivity contribution is 7.92. The Morgan fingerprint density at radius 2 is 1.81 bits per heavy atom. The van der Waals surface area contributed by atoms with E-state index in [1.54, 1.807) is 12.1 Å². The smallest absolute Gasteiger partial charge is 0.229 e. The number of nitrogens with one attached hydrogen (secondary N) is 1. The molecule has 1 heterocycles. The lowest BCUT2D eigenvalue weighted by atomic mass is 10.3. The fourth-order valence-corrected chi connectivity index (χ4v) is 2.01. The number of nitrogens with zero attached hydrogens (tertiary/aromatic N) is 1. The van der Waals surface area contributed by atoms with E-state index in [0.29, 0.717) is 5.69 Å². The van der Waals surface area contributed by atoms with Crippen molar-refractivity contribution in [2.45, 2.75) is 0 Å². The Morgan fingerprint density at radius 1 is 1.12 bits per heavy atom. The second-order valence-corrected chi connectivity index (χ2v) is 5.26. The maximum Gasteiger partial charge on any atom is 0.229 e. The van der Waals surface area contributed by atoms with Gasteiger partial charge in [0, 0.05) is 18.1 Å². The fraction of sp³-hybridized carbons (Fsp3) is 0.0909. The molecule has 2 aromatic rings. The van der Waals surface area contributed by atoms with Crippen molar-refractivity contribution in [3.8, 4) is 5.69 Å². The molecule has 0 atom stereocenters. The van der Waals surface area contributed by atoms with Gasteiger partial charge in [0.25, 0.3) is 0 Å². The number of sulfonamides is 1. The summed E-state index contributed by atoms with van der Waals surface area (Å²) in [5.74, 6) is 0. The molecule has 1 N–H and O–H groups in total. The molecule has 4 nitrogen and oxygen atoms in total. The van der Waals surface area contributed by atoms with E-state index in [4.69, 9.17) is 0 Å². The number of aromatic nitrogens is 1. The van der Waals surface area contributed by atoms with Gasteiger partial charge in [-0.15, -0.1) is 0 Å². The van der Waals surface area contributed by atoms with Gasteiger partial charge < -0.3 is 4.57 Å². The van der Waals surface area contributed by atoms with Crippen LogP contribution in [-0.2, 0) is 10.0 Å². The minimum atomic E-state index is -3.22. The van der Waals surface area contributed by atoms with Crippen LogP contribution in [0.1, 0.15) is 0 Å². The molecule has 1 aromatic carbocycles. The van der Waals surface area contributed by atoms with E-state index in [0.717, 1.165) is 11.9 Å². The van der Waals surface area contributed by atoms with E-state index in [9.17, 15) is 8.42 Å². The van der Waals surface area contributed by atoms with E-state index in [-0.39, 0.29) is 0 Å². The first-order chi connectivity index (χ1) is 7.54. The minimum Gasteiger partial charge on any atom is -0.324 e. The van der Waals surface area contributed by atoms with Gasteiger partial charge in [0.05, 0.1) is 11.9 Å². The van der Waals surface area contributed by atoms with Crippen molar-refractivity contribution in [2.24, 2.45) is 0 Å². The molecule has 0 aliphatic rings. The zero-order valence-corrected chi connectivity index (χ0v) is 9.61. The predicted molar refractivity (Wildman–Crippen MR) is 64.2 cm³/mol. The lowest BCUT2D eigenvalue weighted by Crippen LogP contribution is -2.09. The van der Waals surface area contributed by atoms with Gasteiger partial charge in [-0.05, 0) is 30.3 Å². The lowest BCUT2D eigenvalue weighted by Gasteiger charge is -2.07. The summed E-state index contributed by atoms with van der Waals surface area (Å²) in [6.45, 7) is 0. The summed E-state index contributed by atoms with van der Waals surface area (Å²) in [7, 11) is -3.22. The van der Waals surface area contributed by atoms with Gasteiger partial charge in [0.15, 0.2) is 0 Å². The van der Waals surface area contributed by atoms with Crippen molar-refractivity contribution in [1.82, 2.24) is 4.57 Å². The van der Waals surface area contributed by atoms with E-state index < -0.39 is 10.0 Å². The SMILES string of the molecule is CS(=O)(=O)Nc1cccc(-n2cccc2)c1. The average molecular weight is 236 g/mol. The van der Waals surface area contributed by atoms with Gasteiger partial charge in [-0.3, -0.25) is 4.72 Å². The molecule has 0 bridgehead atoms. The van der Waals surface area contributed by atoms with Crippen molar-refractivity contribution in [2.75, 3.05) is 11.0 Å². The molecule has 0 spiro atoms. The molecule has 5 heteroatoms. The summed E-state index contributed by atoms with van der Waals surface area (Å²) in [4.78, 5) is 0. The van der Waals surface area contributed by atoms with Crippen LogP contribution in [0, 0.1) is 0 Å². The zero-order valence-electron chi connectivity index (χ0n) is 8.79. The Morgan fingerprint density at radius 3 is 2.44 bits per heavy atom. The number of hydrogen-bond donors (Lipinski definition) is 1. The molecule has 16 heavy (non-hydrogen) atoms. The summed E-state index contributed by atoms with van der Waals surface area (Å²) < 4.78 is 26.5. The van der Waals surface area contributed by atoms with Crippen molar-refractivity contribution < 1.29 is 8.42 Å².